The Hall–Kier alpha value is -1.85. The predicted octanol–water partition coefficient (Wildman–Crippen LogP) is 2.46. The Morgan fingerprint density at radius 1 is 1.12 bits per heavy atom. The van der Waals surface area contributed by atoms with Crippen LogP contribution in [0.2, 0.25) is 0 Å². The summed E-state index contributed by atoms with van der Waals surface area (Å²) < 4.78 is 5.24. The van der Waals surface area contributed by atoms with Crippen molar-refractivity contribution in [3.05, 3.63) is 17.5 Å². The molecule has 24 heavy (non-hydrogen) atoms. The fourth-order valence-corrected chi connectivity index (χ4v) is 3.93. The van der Waals surface area contributed by atoms with Crippen LogP contribution in [0.5, 0.6) is 0 Å². The van der Waals surface area contributed by atoms with Crippen LogP contribution in [-0.4, -0.2) is 41.0 Å². The molecule has 6 heteroatoms. The smallest absolute Gasteiger partial charge is 0.273 e. The van der Waals surface area contributed by atoms with Gasteiger partial charge in [0.15, 0.2) is 5.69 Å². The van der Waals surface area contributed by atoms with Gasteiger partial charge in [-0.3, -0.25) is 9.59 Å². The second kappa shape index (κ2) is 6.57. The van der Waals surface area contributed by atoms with Crippen LogP contribution in [0.4, 0.5) is 0 Å². The van der Waals surface area contributed by atoms with E-state index in [-0.39, 0.29) is 23.8 Å². The Morgan fingerprint density at radius 3 is 2.67 bits per heavy atom. The van der Waals surface area contributed by atoms with Crippen LogP contribution in [0.15, 0.2) is 10.6 Å². The van der Waals surface area contributed by atoms with Crippen molar-refractivity contribution in [1.29, 1.82) is 0 Å². The first-order valence-corrected chi connectivity index (χ1v) is 9.27. The summed E-state index contributed by atoms with van der Waals surface area (Å²) >= 11 is 0. The minimum atomic E-state index is -0.179. The molecule has 2 saturated carbocycles. The Kier molecular flexibility index (Phi) is 4.29. The lowest BCUT2D eigenvalue weighted by Crippen LogP contribution is -2.40. The second-order valence-electron chi connectivity index (χ2n) is 7.46. The highest BCUT2D eigenvalue weighted by molar-refractivity contribution is 5.92. The lowest BCUT2D eigenvalue weighted by Gasteiger charge is -2.29. The number of rotatable bonds is 4. The van der Waals surface area contributed by atoms with Gasteiger partial charge >= 0.3 is 0 Å². The summed E-state index contributed by atoms with van der Waals surface area (Å²) in [5.74, 6) is 1.44. The number of carbonyl (C=O) groups is 2. The molecule has 130 valence electrons. The molecule has 3 fully saturated rings. The van der Waals surface area contributed by atoms with E-state index in [1.54, 1.807) is 6.07 Å². The van der Waals surface area contributed by atoms with Crippen molar-refractivity contribution >= 4 is 11.8 Å². The number of amides is 2. The number of nitrogens with zero attached hydrogens (tertiary/aromatic N) is 2. The van der Waals surface area contributed by atoms with Gasteiger partial charge in [-0.2, -0.15) is 0 Å². The monoisotopic (exact) mass is 331 g/mol. The summed E-state index contributed by atoms with van der Waals surface area (Å²) in [5.41, 5.74) is 0.364. The number of hydrogen-bond acceptors (Lipinski definition) is 4. The van der Waals surface area contributed by atoms with Crippen LogP contribution in [0.1, 0.15) is 73.5 Å². The third-order valence-corrected chi connectivity index (χ3v) is 5.53. The lowest BCUT2D eigenvalue weighted by atomic mass is 10.0. The van der Waals surface area contributed by atoms with Crippen LogP contribution >= 0.6 is 0 Å². The summed E-state index contributed by atoms with van der Waals surface area (Å²) in [7, 11) is 0. The minimum Gasteiger partial charge on any atom is -0.360 e. The fourth-order valence-electron chi connectivity index (χ4n) is 3.93. The topological polar surface area (TPSA) is 75.4 Å². The second-order valence-corrected chi connectivity index (χ2v) is 7.46. The van der Waals surface area contributed by atoms with Gasteiger partial charge < -0.3 is 14.7 Å². The molecule has 1 aliphatic heterocycles. The molecule has 0 radical (unpaired) electrons. The quantitative estimate of drug-likeness (QED) is 0.919. The average molecular weight is 331 g/mol. The van der Waals surface area contributed by atoms with E-state index in [0.29, 0.717) is 11.6 Å². The summed E-state index contributed by atoms with van der Waals surface area (Å²) in [4.78, 5) is 26.9. The molecule has 0 unspecified atom stereocenters. The molecule has 0 spiro atoms. The molecule has 3 aliphatic rings. The van der Waals surface area contributed by atoms with Crippen molar-refractivity contribution in [1.82, 2.24) is 15.4 Å². The van der Waals surface area contributed by atoms with Gasteiger partial charge in [0.25, 0.3) is 5.91 Å². The number of piperidine rings is 1. The van der Waals surface area contributed by atoms with Gasteiger partial charge in [0, 0.05) is 37.0 Å². The van der Waals surface area contributed by atoms with E-state index in [2.05, 4.69) is 10.5 Å². The normalized spacial score (nSPS) is 27.2. The van der Waals surface area contributed by atoms with Gasteiger partial charge in [0.1, 0.15) is 5.76 Å². The molecule has 0 aromatic carbocycles. The first-order chi connectivity index (χ1) is 11.7. The summed E-state index contributed by atoms with van der Waals surface area (Å²) in [6.07, 6.45) is 8.19. The highest BCUT2D eigenvalue weighted by Crippen LogP contribution is 2.40. The van der Waals surface area contributed by atoms with Crippen LogP contribution in [-0.2, 0) is 4.79 Å². The zero-order valence-electron chi connectivity index (χ0n) is 14.0. The van der Waals surface area contributed by atoms with Gasteiger partial charge in [-0.05, 0) is 51.4 Å². The van der Waals surface area contributed by atoms with Crippen LogP contribution in [0, 0.1) is 5.92 Å². The molecule has 0 bridgehead atoms. The zero-order chi connectivity index (χ0) is 16.5. The number of hydrogen-bond donors (Lipinski definition) is 1. The number of aromatic nitrogens is 1. The SMILES string of the molecule is O=C(N[C@H]1CC[C@@H](C(=O)N2CCCCC2)C1)c1cc(C2CC2)on1. The van der Waals surface area contributed by atoms with Crippen LogP contribution in [0.3, 0.4) is 0 Å². The van der Waals surface area contributed by atoms with Crippen molar-refractivity contribution < 1.29 is 14.1 Å². The van der Waals surface area contributed by atoms with Crippen LogP contribution in [0.25, 0.3) is 0 Å². The molecule has 2 aliphatic carbocycles. The molecule has 6 nitrogen and oxygen atoms in total. The number of nitrogens with one attached hydrogen (secondary N) is 1. The first kappa shape index (κ1) is 15.7. The minimum absolute atomic E-state index is 0.0627. The van der Waals surface area contributed by atoms with Crippen molar-refractivity contribution in [2.24, 2.45) is 5.92 Å². The number of likely N-dealkylation sites (tertiary alicyclic amines) is 1. The predicted molar refractivity (Wildman–Crippen MR) is 87.5 cm³/mol. The van der Waals surface area contributed by atoms with E-state index < -0.39 is 0 Å². The van der Waals surface area contributed by atoms with E-state index in [1.165, 1.54) is 6.42 Å². The fraction of sp³-hybridized carbons (Fsp3) is 0.722. The number of carbonyl (C=O) groups excluding carboxylic acids is 2. The standard InChI is InChI=1S/C18H25N3O3/c22-17(15-11-16(24-20-15)12-4-5-12)19-14-7-6-13(10-14)18(23)21-8-2-1-3-9-21/h11-14H,1-10H2,(H,19,22)/t13-,14+/m1/s1. The third-order valence-electron chi connectivity index (χ3n) is 5.53. The average Bonchev–Trinajstić information content (AvgIpc) is 3.16. The lowest BCUT2D eigenvalue weighted by molar-refractivity contribution is -0.136. The highest BCUT2D eigenvalue weighted by atomic mass is 16.5. The van der Waals surface area contributed by atoms with E-state index in [0.717, 1.165) is 63.8 Å². The largest absolute Gasteiger partial charge is 0.360 e. The van der Waals surface area contributed by atoms with Crippen LogP contribution < -0.4 is 5.32 Å². The molecule has 2 atom stereocenters. The maximum atomic E-state index is 12.6. The first-order valence-electron chi connectivity index (χ1n) is 9.27. The molecule has 4 rings (SSSR count). The van der Waals surface area contributed by atoms with Gasteiger partial charge in [-0.25, -0.2) is 0 Å². The third kappa shape index (κ3) is 3.32. The van der Waals surface area contributed by atoms with Crippen molar-refractivity contribution in [2.75, 3.05) is 13.1 Å². The summed E-state index contributed by atoms with van der Waals surface area (Å²) in [5, 5.41) is 6.91. The molecule has 1 aromatic rings. The van der Waals surface area contributed by atoms with Gasteiger partial charge in [-0.1, -0.05) is 5.16 Å². The molecular weight excluding hydrogens is 306 g/mol. The Bertz CT molecular complexity index is 617. The maximum absolute atomic E-state index is 12.6. The molecular formula is C18H25N3O3. The maximum Gasteiger partial charge on any atom is 0.273 e. The van der Waals surface area contributed by atoms with E-state index in [9.17, 15) is 9.59 Å². The summed E-state index contributed by atoms with van der Waals surface area (Å²) in [6, 6.07) is 1.83. The van der Waals surface area contributed by atoms with Crippen molar-refractivity contribution in [3.63, 3.8) is 0 Å². The van der Waals surface area contributed by atoms with Gasteiger partial charge in [0.2, 0.25) is 5.91 Å². The van der Waals surface area contributed by atoms with Gasteiger partial charge in [0.05, 0.1) is 0 Å². The Labute approximate surface area is 141 Å². The Balaban J connectivity index is 1.29. The van der Waals surface area contributed by atoms with E-state index >= 15 is 0 Å². The van der Waals surface area contributed by atoms with E-state index in [1.807, 2.05) is 4.90 Å². The van der Waals surface area contributed by atoms with Crippen molar-refractivity contribution in [3.8, 4) is 0 Å². The molecule has 1 aromatic heterocycles. The Morgan fingerprint density at radius 2 is 1.92 bits per heavy atom. The summed E-state index contributed by atoms with van der Waals surface area (Å²) in [6.45, 7) is 1.80. The highest BCUT2D eigenvalue weighted by Gasteiger charge is 2.34. The van der Waals surface area contributed by atoms with E-state index in [4.69, 9.17) is 4.52 Å². The molecule has 2 amide bonds. The molecule has 1 saturated heterocycles. The van der Waals surface area contributed by atoms with Gasteiger partial charge in [-0.15, -0.1) is 0 Å². The van der Waals surface area contributed by atoms with Crippen molar-refractivity contribution in [2.45, 2.75) is 63.3 Å². The zero-order valence-corrected chi connectivity index (χ0v) is 14.0. The molecule has 2 heterocycles. The molecule has 1 N–H and O–H groups in total.